The van der Waals surface area contributed by atoms with Gasteiger partial charge in [0.1, 0.15) is 0 Å². The summed E-state index contributed by atoms with van der Waals surface area (Å²) in [5.41, 5.74) is 0.0882. The largest absolute Gasteiger partial charge is 0.340 e. The van der Waals surface area contributed by atoms with Crippen LogP contribution in [0.5, 0.6) is 0 Å². The van der Waals surface area contributed by atoms with E-state index in [1.165, 1.54) is 0 Å². The molecule has 0 aromatic rings. The Hall–Kier alpha value is -0.570. The van der Waals surface area contributed by atoms with Gasteiger partial charge in [-0.1, -0.05) is 20.3 Å². The second kappa shape index (κ2) is 8.52. The molecule has 1 atom stereocenters. The molecule has 0 rings (SSSR count). The molecule has 0 fully saturated rings. The second-order valence-electron chi connectivity index (χ2n) is 6.12. The highest BCUT2D eigenvalue weighted by Crippen LogP contribution is 2.08. The highest BCUT2D eigenvalue weighted by atomic mass is 16.2. The van der Waals surface area contributed by atoms with Gasteiger partial charge in [0.15, 0.2) is 0 Å². The van der Waals surface area contributed by atoms with Crippen molar-refractivity contribution in [2.75, 3.05) is 13.1 Å². The predicted molar refractivity (Wildman–Crippen MR) is 78.7 cm³/mol. The number of rotatable bonds is 8. The standard InChI is InChI=1S/C15H32N2O/c1-7-9-12-17(13(3)8-2)14(18)10-11-16-15(4,5)6/h13,16H,7-12H2,1-6H3. The van der Waals surface area contributed by atoms with Crippen molar-refractivity contribution >= 4 is 5.91 Å². The third kappa shape index (κ3) is 7.70. The lowest BCUT2D eigenvalue weighted by Crippen LogP contribution is -2.42. The van der Waals surface area contributed by atoms with Crippen LogP contribution >= 0.6 is 0 Å². The molecule has 1 amide bonds. The van der Waals surface area contributed by atoms with Gasteiger partial charge < -0.3 is 10.2 Å². The van der Waals surface area contributed by atoms with E-state index >= 15 is 0 Å². The Morgan fingerprint density at radius 1 is 1.28 bits per heavy atom. The van der Waals surface area contributed by atoms with E-state index in [2.05, 4.69) is 46.9 Å². The number of hydrogen-bond acceptors (Lipinski definition) is 2. The molecule has 18 heavy (non-hydrogen) atoms. The second-order valence-corrected chi connectivity index (χ2v) is 6.12. The Kier molecular flexibility index (Phi) is 8.25. The van der Waals surface area contributed by atoms with Crippen molar-refractivity contribution in [2.45, 2.75) is 78.8 Å². The molecule has 1 N–H and O–H groups in total. The number of hydrogen-bond donors (Lipinski definition) is 1. The minimum absolute atomic E-state index is 0.0882. The van der Waals surface area contributed by atoms with E-state index in [-0.39, 0.29) is 11.4 Å². The predicted octanol–water partition coefficient (Wildman–Crippen LogP) is 3.19. The first-order valence-electron chi connectivity index (χ1n) is 7.36. The summed E-state index contributed by atoms with van der Waals surface area (Å²) in [6.07, 6.45) is 3.87. The molecule has 1 unspecified atom stereocenters. The molecule has 0 aliphatic carbocycles. The van der Waals surface area contributed by atoms with Gasteiger partial charge in [-0.2, -0.15) is 0 Å². The van der Waals surface area contributed by atoms with Crippen molar-refractivity contribution in [3.05, 3.63) is 0 Å². The van der Waals surface area contributed by atoms with Crippen LogP contribution in [0.4, 0.5) is 0 Å². The fraction of sp³-hybridized carbons (Fsp3) is 0.933. The molecule has 0 saturated heterocycles. The van der Waals surface area contributed by atoms with Crippen LogP contribution in [0.2, 0.25) is 0 Å². The quantitative estimate of drug-likeness (QED) is 0.723. The molecule has 0 radical (unpaired) electrons. The zero-order valence-corrected chi connectivity index (χ0v) is 13.2. The lowest BCUT2D eigenvalue weighted by Gasteiger charge is -2.29. The van der Waals surface area contributed by atoms with E-state index in [1.54, 1.807) is 0 Å². The lowest BCUT2D eigenvalue weighted by molar-refractivity contribution is -0.133. The highest BCUT2D eigenvalue weighted by Gasteiger charge is 2.18. The Morgan fingerprint density at radius 2 is 1.89 bits per heavy atom. The van der Waals surface area contributed by atoms with E-state index in [4.69, 9.17) is 0 Å². The summed E-state index contributed by atoms with van der Waals surface area (Å²) in [7, 11) is 0. The summed E-state index contributed by atoms with van der Waals surface area (Å²) < 4.78 is 0. The Balaban J connectivity index is 4.20. The third-order valence-electron chi connectivity index (χ3n) is 3.19. The monoisotopic (exact) mass is 256 g/mol. The zero-order valence-electron chi connectivity index (χ0n) is 13.2. The molecule has 0 bridgehead atoms. The number of nitrogens with one attached hydrogen (secondary N) is 1. The van der Waals surface area contributed by atoms with Crippen LogP contribution in [0.1, 0.15) is 67.2 Å². The van der Waals surface area contributed by atoms with Crippen molar-refractivity contribution in [3.8, 4) is 0 Å². The molecule has 108 valence electrons. The van der Waals surface area contributed by atoms with E-state index in [0.717, 1.165) is 32.4 Å². The van der Waals surface area contributed by atoms with Gasteiger partial charge in [0.2, 0.25) is 5.91 Å². The van der Waals surface area contributed by atoms with E-state index in [1.807, 2.05) is 4.90 Å². The maximum atomic E-state index is 12.2. The maximum Gasteiger partial charge on any atom is 0.224 e. The van der Waals surface area contributed by atoms with Crippen LogP contribution in [0.25, 0.3) is 0 Å². The van der Waals surface area contributed by atoms with Gasteiger partial charge in [-0.15, -0.1) is 0 Å². The first-order chi connectivity index (χ1) is 8.31. The minimum Gasteiger partial charge on any atom is -0.340 e. The van der Waals surface area contributed by atoms with E-state index in [9.17, 15) is 4.79 Å². The third-order valence-corrected chi connectivity index (χ3v) is 3.19. The SMILES string of the molecule is CCCCN(C(=O)CCNC(C)(C)C)C(C)CC. The van der Waals surface area contributed by atoms with Gasteiger partial charge >= 0.3 is 0 Å². The zero-order chi connectivity index (χ0) is 14.2. The fourth-order valence-corrected chi connectivity index (χ4v) is 1.83. The number of unbranched alkanes of at least 4 members (excludes halogenated alkanes) is 1. The van der Waals surface area contributed by atoms with Gasteiger partial charge in [0.25, 0.3) is 0 Å². The molecular formula is C15H32N2O. The number of nitrogens with zero attached hydrogens (tertiary/aromatic N) is 1. The van der Waals surface area contributed by atoms with Crippen molar-refractivity contribution in [1.29, 1.82) is 0 Å². The molecule has 0 aliphatic rings. The van der Waals surface area contributed by atoms with Crippen LogP contribution in [-0.4, -0.2) is 35.5 Å². The van der Waals surface area contributed by atoms with Gasteiger partial charge in [-0.25, -0.2) is 0 Å². The van der Waals surface area contributed by atoms with E-state index < -0.39 is 0 Å². The van der Waals surface area contributed by atoms with Crippen LogP contribution in [0, 0.1) is 0 Å². The molecule has 0 spiro atoms. The average Bonchev–Trinajstić information content (AvgIpc) is 2.27. The van der Waals surface area contributed by atoms with Gasteiger partial charge in [-0.3, -0.25) is 4.79 Å². The fourth-order valence-electron chi connectivity index (χ4n) is 1.83. The van der Waals surface area contributed by atoms with Crippen molar-refractivity contribution in [2.24, 2.45) is 0 Å². The summed E-state index contributed by atoms with van der Waals surface area (Å²) in [4.78, 5) is 14.3. The van der Waals surface area contributed by atoms with Gasteiger partial charge in [0, 0.05) is 31.1 Å². The Bertz CT molecular complexity index is 233. The molecule has 3 heteroatoms. The summed E-state index contributed by atoms with van der Waals surface area (Å²) in [6, 6.07) is 0.360. The lowest BCUT2D eigenvalue weighted by atomic mass is 10.1. The molecule has 0 saturated carbocycles. The van der Waals surface area contributed by atoms with Crippen LogP contribution in [0.15, 0.2) is 0 Å². The molecule has 0 aliphatic heterocycles. The van der Waals surface area contributed by atoms with Crippen molar-refractivity contribution < 1.29 is 4.79 Å². The molecular weight excluding hydrogens is 224 g/mol. The highest BCUT2D eigenvalue weighted by molar-refractivity contribution is 5.76. The average molecular weight is 256 g/mol. The summed E-state index contributed by atoms with van der Waals surface area (Å²) in [6.45, 7) is 14.5. The van der Waals surface area contributed by atoms with Crippen LogP contribution in [0.3, 0.4) is 0 Å². The topological polar surface area (TPSA) is 32.3 Å². The number of carbonyl (C=O) groups excluding carboxylic acids is 1. The maximum absolute atomic E-state index is 12.2. The van der Waals surface area contributed by atoms with Gasteiger partial charge in [-0.05, 0) is 40.5 Å². The first kappa shape index (κ1) is 17.4. The first-order valence-corrected chi connectivity index (χ1v) is 7.36. The smallest absolute Gasteiger partial charge is 0.224 e. The van der Waals surface area contributed by atoms with E-state index in [0.29, 0.717) is 12.5 Å². The molecule has 0 aromatic heterocycles. The normalized spacial score (nSPS) is 13.4. The minimum atomic E-state index is 0.0882. The Morgan fingerprint density at radius 3 is 2.33 bits per heavy atom. The Labute approximate surface area is 113 Å². The molecule has 3 nitrogen and oxygen atoms in total. The molecule has 0 aromatic carbocycles. The van der Waals surface area contributed by atoms with Crippen LogP contribution in [-0.2, 0) is 4.79 Å². The molecule has 0 heterocycles. The van der Waals surface area contributed by atoms with Gasteiger partial charge in [0.05, 0.1) is 0 Å². The number of amides is 1. The summed E-state index contributed by atoms with van der Waals surface area (Å²) >= 11 is 0. The summed E-state index contributed by atoms with van der Waals surface area (Å²) in [5, 5.41) is 3.37. The van der Waals surface area contributed by atoms with Crippen molar-refractivity contribution in [1.82, 2.24) is 10.2 Å². The van der Waals surface area contributed by atoms with Crippen molar-refractivity contribution in [3.63, 3.8) is 0 Å². The van der Waals surface area contributed by atoms with Crippen LogP contribution < -0.4 is 5.32 Å². The number of carbonyl (C=O) groups is 1. The summed E-state index contributed by atoms with van der Waals surface area (Å²) in [5.74, 6) is 0.287.